The third-order valence-electron chi connectivity index (χ3n) is 6.82. The maximum absolute atomic E-state index is 12.6. The molecule has 0 amide bonds. The normalized spacial score (nSPS) is 20.8. The van der Waals surface area contributed by atoms with Crippen molar-refractivity contribution in [1.29, 1.82) is 0 Å². The number of rotatable bonds is 3. The van der Waals surface area contributed by atoms with E-state index in [2.05, 4.69) is 63.8 Å². The largest absolute Gasteiger partial charge is 0.364 e. The first kappa shape index (κ1) is 20.6. The summed E-state index contributed by atoms with van der Waals surface area (Å²) in [7, 11) is 3.70. The quantitative estimate of drug-likeness (QED) is 0.497. The van der Waals surface area contributed by atoms with Gasteiger partial charge in [0.15, 0.2) is 0 Å². The van der Waals surface area contributed by atoms with Gasteiger partial charge in [0.05, 0.1) is 22.2 Å². The Morgan fingerprint density at radius 1 is 1.00 bits per heavy atom. The molecule has 1 saturated heterocycles. The molecular formula is C24H29N7O. The van der Waals surface area contributed by atoms with Crippen molar-refractivity contribution in [3.63, 3.8) is 0 Å². The fraction of sp³-hybridized carbons (Fsp3) is 0.417. The summed E-state index contributed by atoms with van der Waals surface area (Å²) in [6.45, 7) is 8.46. The number of aryl methyl sites for hydroxylation is 2. The zero-order valence-corrected chi connectivity index (χ0v) is 19.2. The molecule has 4 aromatic rings. The van der Waals surface area contributed by atoms with Gasteiger partial charge in [0.25, 0.3) is 5.56 Å². The van der Waals surface area contributed by atoms with E-state index in [1.165, 1.54) is 5.56 Å². The Morgan fingerprint density at radius 3 is 2.53 bits per heavy atom. The summed E-state index contributed by atoms with van der Waals surface area (Å²) in [4.78, 5) is 26.4. The Balaban J connectivity index is 1.45. The first-order valence-corrected chi connectivity index (χ1v) is 11.1. The molecule has 1 unspecified atom stereocenters. The zero-order valence-electron chi connectivity index (χ0n) is 19.2. The SMILES string of the molecule is CC(c1ccc2nccnc2c1)N1C[C@H](C)N(c2cc(=O)n(C)c3cn(C)nc23)C[C@H]1C. The number of hydrogen-bond donors (Lipinski definition) is 0. The molecule has 5 rings (SSSR count). The van der Waals surface area contributed by atoms with Crippen LogP contribution in [0, 0.1) is 0 Å². The predicted octanol–water partition coefficient (Wildman–Crippen LogP) is 2.88. The van der Waals surface area contributed by atoms with Crippen molar-refractivity contribution in [1.82, 2.24) is 29.2 Å². The van der Waals surface area contributed by atoms with Crippen LogP contribution in [0.2, 0.25) is 0 Å². The van der Waals surface area contributed by atoms with Crippen LogP contribution in [-0.2, 0) is 14.1 Å². The van der Waals surface area contributed by atoms with Crippen molar-refractivity contribution in [3.8, 4) is 0 Å². The molecular weight excluding hydrogens is 402 g/mol. The second-order valence-electron chi connectivity index (χ2n) is 8.99. The van der Waals surface area contributed by atoms with Gasteiger partial charge >= 0.3 is 0 Å². The van der Waals surface area contributed by atoms with Crippen LogP contribution in [0.3, 0.4) is 0 Å². The van der Waals surface area contributed by atoms with Crippen LogP contribution >= 0.6 is 0 Å². The minimum Gasteiger partial charge on any atom is -0.364 e. The third-order valence-corrected chi connectivity index (χ3v) is 6.82. The maximum atomic E-state index is 12.6. The van der Waals surface area contributed by atoms with Gasteiger partial charge in [0, 0.05) is 70.0 Å². The molecule has 4 heterocycles. The average Bonchev–Trinajstić information content (AvgIpc) is 3.18. The van der Waals surface area contributed by atoms with Crippen LogP contribution in [0.15, 0.2) is 47.7 Å². The van der Waals surface area contributed by atoms with Gasteiger partial charge < -0.3 is 9.47 Å². The van der Waals surface area contributed by atoms with E-state index in [1.807, 2.05) is 13.2 Å². The maximum Gasteiger partial charge on any atom is 0.252 e. The Hall–Kier alpha value is -3.26. The highest BCUT2D eigenvalue weighted by atomic mass is 16.1. The molecule has 1 aliphatic heterocycles. The first-order valence-electron chi connectivity index (χ1n) is 11.1. The van der Waals surface area contributed by atoms with Gasteiger partial charge in [-0.15, -0.1) is 0 Å². The van der Waals surface area contributed by atoms with Gasteiger partial charge in [0.2, 0.25) is 0 Å². The van der Waals surface area contributed by atoms with E-state index in [9.17, 15) is 4.79 Å². The van der Waals surface area contributed by atoms with E-state index >= 15 is 0 Å². The number of pyridine rings is 1. The molecule has 166 valence electrons. The van der Waals surface area contributed by atoms with Crippen molar-refractivity contribution in [3.05, 3.63) is 58.8 Å². The Morgan fingerprint density at radius 2 is 1.75 bits per heavy atom. The van der Waals surface area contributed by atoms with Crippen LogP contribution in [0.4, 0.5) is 5.69 Å². The predicted molar refractivity (Wildman–Crippen MR) is 127 cm³/mol. The highest BCUT2D eigenvalue weighted by molar-refractivity contribution is 5.88. The van der Waals surface area contributed by atoms with Gasteiger partial charge in [-0.25, -0.2) is 0 Å². The summed E-state index contributed by atoms with van der Waals surface area (Å²) in [5, 5.41) is 4.67. The molecule has 32 heavy (non-hydrogen) atoms. The molecule has 0 radical (unpaired) electrons. The smallest absolute Gasteiger partial charge is 0.252 e. The highest BCUT2D eigenvalue weighted by Crippen LogP contribution is 2.32. The number of nitrogens with zero attached hydrogens (tertiary/aromatic N) is 7. The van der Waals surface area contributed by atoms with E-state index in [0.717, 1.165) is 40.8 Å². The van der Waals surface area contributed by atoms with Gasteiger partial charge in [-0.3, -0.25) is 24.3 Å². The van der Waals surface area contributed by atoms with Gasteiger partial charge in [-0.2, -0.15) is 5.10 Å². The minimum absolute atomic E-state index is 0.00609. The van der Waals surface area contributed by atoms with E-state index in [1.54, 1.807) is 34.8 Å². The lowest BCUT2D eigenvalue weighted by molar-refractivity contribution is 0.119. The second-order valence-corrected chi connectivity index (χ2v) is 8.99. The molecule has 3 atom stereocenters. The molecule has 0 saturated carbocycles. The molecule has 1 aliphatic rings. The Labute approximate surface area is 187 Å². The second kappa shape index (κ2) is 7.70. The van der Waals surface area contributed by atoms with Crippen LogP contribution < -0.4 is 10.5 Å². The number of fused-ring (bicyclic) bond motifs is 2. The molecule has 3 aromatic heterocycles. The third kappa shape index (κ3) is 3.35. The lowest BCUT2D eigenvalue weighted by Gasteiger charge is -2.47. The fourth-order valence-electron chi connectivity index (χ4n) is 4.98. The lowest BCUT2D eigenvalue weighted by Crippen LogP contribution is -2.57. The van der Waals surface area contributed by atoms with E-state index in [-0.39, 0.29) is 17.6 Å². The topological polar surface area (TPSA) is 72.1 Å². The van der Waals surface area contributed by atoms with Gasteiger partial charge in [-0.1, -0.05) is 6.07 Å². The summed E-state index contributed by atoms with van der Waals surface area (Å²) in [5.41, 5.74) is 5.75. The first-order chi connectivity index (χ1) is 15.3. The van der Waals surface area contributed by atoms with Crippen molar-refractivity contribution in [2.45, 2.75) is 38.9 Å². The summed E-state index contributed by atoms with van der Waals surface area (Å²) in [5.74, 6) is 0. The van der Waals surface area contributed by atoms with Crippen molar-refractivity contribution >= 4 is 27.8 Å². The number of benzene rings is 1. The summed E-state index contributed by atoms with van der Waals surface area (Å²) < 4.78 is 3.45. The average molecular weight is 432 g/mol. The van der Waals surface area contributed by atoms with E-state index < -0.39 is 0 Å². The standard InChI is InChI=1S/C24H29N7O/c1-15-13-31(21-11-23(32)29(5)22-14-28(4)27-24(21)22)16(2)12-30(15)17(3)18-6-7-19-20(10-18)26-9-8-25-19/h6-11,14-17H,12-13H2,1-5H3/t15-,16+,17?/m1/s1. The van der Waals surface area contributed by atoms with E-state index in [4.69, 9.17) is 0 Å². The number of piperazine rings is 1. The van der Waals surface area contributed by atoms with Crippen molar-refractivity contribution < 1.29 is 0 Å². The fourth-order valence-corrected chi connectivity index (χ4v) is 4.98. The molecule has 0 aliphatic carbocycles. The summed E-state index contributed by atoms with van der Waals surface area (Å²) in [6.07, 6.45) is 5.38. The molecule has 1 fully saturated rings. The molecule has 0 N–H and O–H groups in total. The minimum atomic E-state index is -0.00609. The molecule has 0 spiro atoms. The molecule has 8 heteroatoms. The highest BCUT2D eigenvalue weighted by Gasteiger charge is 2.34. The van der Waals surface area contributed by atoms with Gasteiger partial charge in [0.1, 0.15) is 5.52 Å². The van der Waals surface area contributed by atoms with Crippen molar-refractivity contribution in [2.24, 2.45) is 14.1 Å². The van der Waals surface area contributed by atoms with Crippen molar-refractivity contribution in [2.75, 3.05) is 18.0 Å². The van der Waals surface area contributed by atoms with Crippen LogP contribution in [0.1, 0.15) is 32.4 Å². The van der Waals surface area contributed by atoms with Crippen LogP contribution in [0.25, 0.3) is 22.1 Å². The van der Waals surface area contributed by atoms with Crippen LogP contribution in [-0.4, -0.2) is 54.4 Å². The Bertz CT molecular complexity index is 1360. The molecule has 8 nitrogen and oxygen atoms in total. The summed E-state index contributed by atoms with van der Waals surface area (Å²) in [6, 6.07) is 8.89. The van der Waals surface area contributed by atoms with Crippen LogP contribution in [0.5, 0.6) is 0 Å². The molecule has 1 aromatic carbocycles. The van der Waals surface area contributed by atoms with E-state index in [0.29, 0.717) is 6.04 Å². The lowest BCUT2D eigenvalue weighted by atomic mass is 10.00. The van der Waals surface area contributed by atoms with Gasteiger partial charge in [-0.05, 0) is 38.5 Å². The summed E-state index contributed by atoms with van der Waals surface area (Å²) >= 11 is 0. The zero-order chi connectivity index (χ0) is 22.6. The number of anilines is 1. The Kier molecular flexibility index (Phi) is 4.97. The number of hydrogen-bond acceptors (Lipinski definition) is 6. The monoisotopic (exact) mass is 431 g/mol. The molecule has 0 bridgehead atoms. The number of aromatic nitrogens is 5.